The van der Waals surface area contributed by atoms with E-state index in [2.05, 4.69) is 26.1 Å². The highest BCUT2D eigenvalue weighted by atomic mass is 19.4. The first kappa shape index (κ1) is 24.9. The maximum absolute atomic E-state index is 12.7. The minimum Gasteiger partial charge on any atom is -0.475 e. The number of aromatic amines is 1. The standard InChI is InChI=1S/C22H21N5O2.C2HF3O2/c28-21(14-6-8-23-9-7-14)25-15-10-16-19-17(12-24-27-22(16)29)20(26-18(19)11-15)13-4-2-1-3-5-13;3-2(4,5)1(6)7/h1-5,10-12,14,23,26H,6-9H2,(H,25,28)(H,27,29);(H,6,7). The van der Waals surface area contributed by atoms with Gasteiger partial charge in [-0.15, -0.1) is 0 Å². The van der Waals surface area contributed by atoms with Gasteiger partial charge in [0.25, 0.3) is 5.91 Å². The lowest BCUT2D eigenvalue weighted by atomic mass is 9.97. The number of halogens is 3. The number of carbonyl (C=O) groups excluding carboxylic acids is 2. The number of nitrogens with one attached hydrogen (secondary N) is 4. The van der Waals surface area contributed by atoms with Gasteiger partial charge in [-0.1, -0.05) is 30.3 Å². The minimum absolute atomic E-state index is 0.00149. The van der Waals surface area contributed by atoms with Crippen molar-refractivity contribution in [3.05, 3.63) is 53.6 Å². The van der Waals surface area contributed by atoms with Crippen LogP contribution in [0.4, 0.5) is 18.9 Å². The molecular formula is C24H22F3N5O4. The number of benzene rings is 2. The van der Waals surface area contributed by atoms with Gasteiger partial charge >= 0.3 is 12.1 Å². The van der Waals surface area contributed by atoms with Gasteiger partial charge < -0.3 is 20.7 Å². The van der Waals surface area contributed by atoms with E-state index in [9.17, 15) is 22.8 Å². The Bertz CT molecular complexity index is 1330. The molecule has 5 rings (SSSR count). The van der Waals surface area contributed by atoms with Gasteiger partial charge in [-0.2, -0.15) is 18.3 Å². The van der Waals surface area contributed by atoms with Crippen LogP contribution in [0.2, 0.25) is 0 Å². The predicted molar refractivity (Wildman–Crippen MR) is 127 cm³/mol. The van der Waals surface area contributed by atoms with E-state index in [1.807, 2.05) is 36.4 Å². The molecule has 188 valence electrons. The number of aromatic nitrogens is 1. The molecule has 36 heavy (non-hydrogen) atoms. The summed E-state index contributed by atoms with van der Waals surface area (Å²) in [4.78, 5) is 37.6. The Morgan fingerprint density at radius 2 is 1.75 bits per heavy atom. The molecule has 0 unspecified atom stereocenters. The topological polar surface area (TPSA) is 136 Å². The molecule has 1 fully saturated rings. The van der Waals surface area contributed by atoms with Crippen molar-refractivity contribution >= 4 is 40.6 Å². The van der Waals surface area contributed by atoms with Crippen LogP contribution in [0.25, 0.3) is 22.2 Å². The van der Waals surface area contributed by atoms with Crippen molar-refractivity contribution in [2.75, 3.05) is 18.4 Å². The van der Waals surface area contributed by atoms with Crippen LogP contribution in [0.3, 0.4) is 0 Å². The molecule has 0 saturated carbocycles. The van der Waals surface area contributed by atoms with Crippen molar-refractivity contribution in [3.63, 3.8) is 0 Å². The Kier molecular flexibility index (Phi) is 7.06. The Balaban J connectivity index is 0.000000384. The molecule has 12 heteroatoms. The van der Waals surface area contributed by atoms with E-state index >= 15 is 0 Å². The van der Waals surface area contributed by atoms with Gasteiger partial charge in [-0.05, 0) is 43.6 Å². The number of hydrazone groups is 1. The van der Waals surface area contributed by atoms with E-state index < -0.39 is 12.1 Å². The maximum Gasteiger partial charge on any atom is 0.490 e. The highest BCUT2D eigenvalue weighted by Gasteiger charge is 2.38. The van der Waals surface area contributed by atoms with Gasteiger partial charge in [0.05, 0.1) is 17.5 Å². The first-order valence-electron chi connectivity index (χ1n) is 11.1. The van der Waals surface area contributed by atoms with Gasteiger partial charge in [0.2, 0.25) is 5.91 Å². The van der Waals surface area contributed by atoms with Crippen LogP contribution in [-0.2, 0) is 9.59 Å². The third-order valence-electron chi connectivity index (χ3n) is 5.82. The van der Waals surface area contributed by atoms with Gasteiger partial charge in [0, 0.05) is 28.1 Å². The maximum atomic E-state index is 12.7. The number of carbonyl (C=O) groups is 3. The van der Waals surface area contributed by atoms with Crippen LogP contribution in [0, 0.1) is 5.92 Å². The molecule has 2 aliphatic rings. The zero-order chi connectivity index (χ0) is 25.9. The zero-order valence-corrected chi connectivity index (χ0v) is 18.8. The molecule has 5 N–H and O–H groups in total. The first-order chi connectivity index (χ1) is 17.1. The van der Waals surface area contributed by atoms with Crippen LogP contribution >= 0.6 is 0 Å². The second-order valence-electron chi connectivity index (χ2n) is 8.24. The summed E-state index contributed by atoms with van der Waals surface area (Å²) in [6, 6.07) is 13.5. The Morgan fingerprint density at radius 1 is 1.08 bits per heavy atom. The van der Waals surface area contributed by atoms with Gasteiger partial charge in [-0.3, -0.25) is 9.59 Å². The molecular weight excluding hydrogens is 479 g/mol. The van der Waals surface area contributed by atoms with Crippen LogP contribution in [0.15, 0.2) is 47.6 Å². The second kappa shape index (κ2) is 10.2. The number of aliphatic carboxylic acids is 1. The van der Waals surface area contributed by atoms with Crippen molar-refractivity contribution in [1.29, 1.82) is 0 Å². The average Bonchev–Trinajstić information content (AvgIpc) is 3.13. The SMILES string of the molecule is O=C(O)C(F)(F)F.O=C1NN=Cc2c(-c3ccccc3)[nH]c3cc(NC(=O)C4CCNCC4)cc1c23. The van der Waals surface area contributed by atoms with Crippen molar-refractivity contribution in [3.8, 4) is 11.3 Å². The van der Waals surface area contributed by atoms with E-state index in [0.29, 0.717) is 11.3 Å². The molecule has 3 heterocycles. The third kappa shape index (κ3) is 5.38. The first-order valence-corrected chi connectivity index (χ1v) is 11.1. The van der Waals surface area contributed by atoms with Gasteiger partial charge in [0.15, 0.2) is 0 Å². The fourth-order valence-corrected chi connectivity index (χ4v) is 4.11. The van der Waals surface area contributed by atoms with Crippen LogP contribution < -0.4 is 16.1 Å². The summed E-state index contributed by atoms with van der Waals surface area (Å²) < 4.78 is 31.7. The van der Waals surface area contributed by atoms with E-state index in [1.165, 1.54) is 0 Å². The molecule has 2 aliphatic heterocycles. The molecule has 0 spiro atoms. The monoisotopic (exact) mass is 501 g/mol. The summed E-state index contributed by atoms with van der Waals surface area (Å²) in [7, 11) is 0. The summed E-state index contributed by atoms with van der Waals surface area (Å²) in [6.07, 6.45) is -1.77. The number of carboxylic acid groups (broad SMARTS) is 1. The lowest BCUT2D eigenvalue weighted by molar-refractivity contribution is -0.192. The number of carboxylic acids is 1. The van der Waals surface area contributed by atoms with Gasteiger partial charge in [0.1, 0.15) is 0 Å². The fraction of sp³-hybridized carbons (Fsp3) is 0.250. The Labute approximate surface area is 202 Å². The third-order valence-corrected chi connectivity index (χ3v) is 5.82. The molecule has 0 bridgehead atoms. The number of nitrogens with zero attached hydrogens (tertiary/aromatic N) is 1. The molecule has 1 saturated heterocycles. The zero-order valence-electron chi connectivity index (χ0n) is 18.8. The van der Waals surface area contributed by atoms with Crippen molar-refractivity contribution in [1.82, 2.24) is 15.7 Å². The smallest absolute Gasteiger partial charge is 0.475 e. The summed E-state index contributed by atoms with van der Waals surface area (Å²) in [6.45, 7) is 1.70. The van der Waals surface area contributed by atoms with E-state index in [1.54, 1.807) is 12.3 Å². The number of rotatable bonds is 3. The number of hydrogen-bond acceptors (Lipinski definition) is 5. The van der Waals surface area contributed by atoms with Crippen LogP contribution in [-0.4, -0.2) is 53.4 Å². The Hall–Kier alpha value is -4.19. The molecule has 9 nitrogen and oxygen atoms in total. The quantitative estimate of drug-likeness (QED) is 0.375. The Morgan fingerprint density at radius 3 is 2.39 bits per heavy atom. The summed E-state index contributed by atoms with van der Waals surface area (Å²) in [5, 5.41) is 18.3. The number of alkyl halides is 3. The normalized spacial score (nSPS) is 15.5. The lowest BCUT2D eigenvalue weighted by Crippen LogP contribution is -2.34. The molecule has 3 aromatic rings. The van der Waals surface area contributed by atoms with Gasteiger partial charge in [-0.25, -0.2) is 10.2 Å². The van der Waals surface area contributed by atoms with E-state index in [-0.39, 0.29) is 17.7 Å². The van der Waals surface area contributed by atoms with Crippen molar-refractivity contribution in [2.45, 2.75) is 19.0 Å². The molecule has 0 radical (unpaired) electrons. The molecule has 0 atom stereocenters. The predicted octanol–water partition coefficient (Wildman–Crippen LogP) is 3.48. The molecule has 1 aromatic heterocycles. The second-order valence-corrected chi connectivity index (χ2v) is 8.24. The molecule has 2 aromatic carbocycles. The van der Waals surface area contributed by atoms with Crippen LogP contribution in [0.5, 0.6) is 0 Å². The number of anilines is 1. The number of amides is 2. The average molecular weight is 501 g/mol. The van der Waals surface area contributed by atoms with E-state index in [4.69, 9.17) is 9.90 Å². The summed E-state index contributed by atoms with van der Waals surface area (Å²) in [5.41, 5.74) is 7.21. The minimum atomic E-state index is -5.08. The number of hydrogen-bond donors (Lipinski definition) is 5. The number of piperidine rings is 1. The highest BCUT2D eigenvalue weighted by molar-refractivity contribution is 6.18. The van der Waals surface area contributed by atoms with Crippen LogP contribution in [0.1, 0.15) is 28.8 Å². The van der Waals surface area contributed by atoms with Crippen molar-refractivity contribution < 1.29 is 32.7 Å². The largest absolute Gasteiger partial charge is 0.490 e. The summed E-state index contributed by atoms with van der Waals surface area (Å²) in [5.74, 6) is -3.06. The fourth-order valence-electron chi connectivity index (χ4n) is 4.11. The molecule has 2 amide bonds. The highest BCUT2D eigenvalue weighted by Crippen LogP contribution is 2.34. The van der Waals surface area contributed by atoms with E-state index in [0.717, 1.165) is 53.7 Å². The van der Waals surface area contributed by atoms with Crippen molar-refractivity contribution in [2.24, 2.45) is 11.0 Å². The summed E-state index contributed by atoms with van der Waals surface area (Å²) >= 11 is 0. The molecule has 0 aliphatic carbocycles. The number of H-pyrrole nitrogens is 1. The lowest BCUT2D eigenvalue weighted by Gasteiger charge is -2.21.